The molecule has 0 aromatic heterocycles. The van der Waals surface area contributed by atoms with Gasteiger partial charge >= 0.3 is 0 Å². The van der Waals surface area contributed by atoms with Gasteiger partial charge in [-0.25, -0.2) is 0 Å². The molecule has 2 N–H and O–H groups in total. The van der Waals surface area contributed by atoms with Crippen LogP contribution in [0, 0.1) is 0 Å². The first kappa shape index (κ1) is 12.9. The number of rotatable bonds is 6. The molecule has 1 rings (SSSR count). The number of nitrogens with two attached hydrogens (primary N) is 1. The molecular formula is C11H22N2OS. The highest BCUT2D eigenvalue weighted by Crippen LogP contribution is 2.19. The molecule has 0 saturated carbocycles. The monoisotopic (exact) mass is 230 g/mol. The molecule has 88 valence electrons. The average molecular weight is 230 g/mol. The van der Waals surface area contributed by atoms with E-state index < -0.39 is 0 Å². The molecule has 0 bridgehead atoms. The van der Waals surface area contributed by atoms with Crippen LogP contribution in [0.5, 0.6) is 0 Å². The van der Waals surface area contributed by atoms with Crippen LogP contribution in [-0.2, 0) is 4.74 Å². The summed E-state index contributed by atoms with van der Waals surface area (Å²) in [4.78, 5) is 2.87. The summed E-state index contributed by atoms with van der Waals surface area (Å²) in [6.45, 7) is 7.04. The van der Waals surface area contributed by atoms with Crippen LogP contribution >= 0.6 is 12.2 Å². The van der Waals surface area contributed by atoms with Gasteiger partial charge in [0.15, 0.2) is 0 Å². The van der Waals surface area contributed by atoms with E-state index in [2.05, 4.69) is 18.7 Å². The van der Waals surface area contributed by atoms with Crippen LogP contribution in [0.2, 0.25) is 0 Å². The van der Waals surface area contributed by atoms with Crippen molar-refractivity contribution in [2.24, 2.45) is 5.73 Å². The lowest BCUT2D eigenvalue weighted by Gasteiger charge is -2.24. The van der Waals surface area contributed by atoms with Crippen LogP contribution in [0.25, 0.3) is 0 Å². The number of ether oxygens (including phenoxy) is 1. The zero-order valence-electron chi connectivity index (χ0n) is 9.74. The van der Waals surface area contributed by atoms with E-state index in [0.29, 0.717) is 17.2 Å². The number of hydrogen-bond donors (Lipinski definition) is 1. The third-order valence-electron chi connectivity index (χ3n) is 2.70. The fraction of sp³-hybridized carbons (Fsp3) is 0.909. The lowest BCUT2D eigenvalue weighted by atomic mass is 10.2. The first-order chi connectivity index (χ1) is 7.11. The average Bonchev–Trinajstić information content (AvgIpc) is 2.50. The minimum Gasteiger partial charge on any atom is -0.392 e. The number of hydrogen-bond acceptors (Lipinski definition) is 3. The Bertz CT molecular complexity index is 211. The molecule has 0 aromatic rings. The standard InChI is InChI=1S/C11H22N2OS/c1-3-6-13(8-11(12)15)7-10-5-4-9(2)14-10/h9-10H,3-8H2,1-2H3,(H2,12,15). The fourth-order valence-electron chi connectivity index (χ4n) is 2.08. The summed E-state index contributed by atoms with van der Waals surface area (Å²) in [7, 11) is 0. The van der Waals surface area contributed by atoms with Gasteiger partial charge in [-0.1, -0.05) is 19.1 Å². The smallest absolute Gasteiger partial charge is 0.0870 e. The largest absolute Gasteiger partial charge is 0.392 e. The maximum atomic E-state index is 5.79. The second-order valence-electron chi connectivity index (χ2n) is 4.35. The van der Waals surface area contributed by atoms with Gasteiger partial charge in [0, 0.05) is 13.1 Å². The van der Waals surface area contributed by atoms with Gasteiger partial charge in [0.2, 0.25) is 0 Å². The van der Waals surface area contributed by atoms with Crippen molar-refractivity contribution < 1.29 is 4.74 Å². The SMILES string of the molecule is CCCN(CC(N)=S)CC1CCC(C)O1. The molecular weight excluding hydrogens is 208 g/mol. The summed E-state index contributed by atoms with van der Waals surface area (Å²) in [5, 5.41) is 0. The normalized spacial score (nSPS) is 26.1. The zero-order valence-corrected chi connectivity index (χ0v) is 10.6. The van der Waals surface area contributed by atoms with E-state index >= 15 is 0 Å². The zero-order chi connectivity index (χ0) is 11.3. The molecule has 3 nitrogen and oxygen atoms in total. The summed E-state index contributed by atoms with van der Waals surface area (Å²) < 4.78 is 5.79. The van der Waals surface area contributed by atoms with Crippen LogP contribution in [0.15, 0.2) is 0 Å². The van der Waals surface area contributed by atoms with Gasteiger partial charge in [0.1, 0.15) is 0 Å². The maximum absolute atomic E-state index is 5.79. The van der Waals surface area contributed by atoms with Crippen molar-refractivity contribution in [1.29, 1.82) is 0 Å². The van der Waals surface area contributed by atoms with E-state index in [-0.39, 0.29) is 0 Å². The van der Waals surface area contributed by atoms with Crippen molar-refractivity contribution >= 4 is 17.2 Å². The van der Waals surface area contributed by atoms with E-state index in [1.807, 2.05) is 0 Å². The molecule has 1 aliphatic rings. The van der Waals surface area contributed by atoms with Gasteiger partial charge in [-0.2, -0.15) is 0 Å². The minimum absolute atomic E-state index is 0.376. The molecule has 4 heteroatoms. The maximum Gasteiger partial charge on any atom is 0.0870 e. The second-order valence-corrected chi connectivity index (χ2v) is 4.87. The molecule has 1 fully saturated rings. The van der Waals surface area contributed by atoms with E-state index in [9.17, 15) is 0 Å². The van der Waals surface area contributed by atoms with Gasteiger partial charge < -0.3 is 10.5 Å². The van der Waals surface area contributed by atoms with Crippen molar-refractivity contribution in [3.63, 3.8) is 0 Å². The summed E-state index contributed by atoms with van der Waals surface area (Å²) in [6, 6.07) is 0. The molecule has 0 aliphatic carbocycles. The van der Waals surface area contributed by atoms with E-state index in [1.165, 1.54) is 12.8 Å². The molecule has 0 amide bonds. The Morgan fingerprint density at radius 2 is 2.27 bits per heavy atom. The van der Waals surface area contributed by atoms with Gasteiger partial charge in [-0.05, 0) is 32.7 Å². The molecule has 15 heavy (non-hydrogen) atoms. The van der Waals surface area contributed by atoms with Gasteiger partial charge in [0.05, 0.1) is 17.2 Å². The molecule has 1 heterocycles. The minimum atomic E-state index is 0.376. The Hall–Kier alpha value is -0.190. The Balaban J connectivity index is 2.33. The van der Waals surface area contributed by atoms with Crippen LogP contribution in [0.3, 0.4) is 0 Å². The first-order valence-electron chi connectivity index (χ1n) is 5.78. The molecule has 0 aromatic carbocycles. The van der Waals surface area contributed by atoms with Gasteiger partial charge in [0.25, 0.3) is 0 Å². The summed E-state index contributed by atoms with van der Waals surface area (Å²) in [6.07, 6.45) is 4.27. The Kier molecular flexibility index (Phi) is 5.50. The third kappa shape index (κ3) is 4.91. The quantitative estimate of drug-likeness (QED) is 0.703. The first-order valence-corrected chi connectivity index (χ1v) is 6.18. The lowest BCUT2D eigenvalue weighted by molar-refractivity contribution is 0.0346. The van der Waals surface area contributed by atoms with Crippen LogP contribution < -0.4 is 5.73 Å². The molecule has 0 spiro atoms. The Morgan fingerprint density at radius 3 is 2.73 bits per heavy atom. The highest BCUT2D eigenvalue weighted by Gasteiger charge is 2.23. The summed E-state index contributed by atoms with van der Waals surface area (Å²) in [5.41, 5.74) is 5.57. The van der Waals surface area contributed by atoms with E-state index in [1.54, 1.807) is 0 Å². The van der Waals surface area contributed by atoms with Crippen LogP contribution in [0.4, 0.5) is 0 Å². The molecule has 1 aliphatic heterocycles. The Labute approximate surface area is 98.0 Å². The lowest BCUT2D eigenvalue weighted by Crippen LogP contribution is -2.38. The predicted molar refractivity (Wildman–Crippen MR) is 67.1 cm³/mol. The summed E-state index contributed by atoms with van der Waals surface area (Å²) >= 11 is 4.95. The molecule has 1 saturated heterocycles. The molecule has 2 unspecified atom stereocenters. The van der Waals surface area contributed by atoms with E-state index in [4.69, 9.17) is 22.7 Å². The topological polar surface area (TPSA) is 38.5 Å². The van der Waals surface area contributed by atoms with Crippen molar-refractivity contribution in [3.05, 3.63) is 0 Å². The number of nitrogens with zero attached hydrogens (tertiary/aromatic N) is 1. The second kappa shape index (κ2) is 6.40. The highest BCUT2D eigenvalue weighted by atomic mass is 32.1. The predicted octanol–water partition coefficient (Wildman–Crippen LogP) is 1.55. The van der Waals surface area contributed by atoms with Crippen molar-refractivity contribution in [2.45, 2.75) is 45.3 Å². The highest BCUT2D eigenvalue weighted by molar-refractivity contribution is 7.80. The van der Waals surface area contributed by atoms with Gasteiger partial charge in [-0.15, -0.1) is 0 Å². The van der Waals surface area contributed by atoms with Crippen molar-refractivity contribution in [1.82, 2.24) is 4.90 Å². The molecule has 2 atom stereocenters. The van der Waals surface area contributed by atoms with Crippen LogP contribution in [-0.4, -0.2) is 41.7 Å². The third-order valence-corrected chi connectivity index (χ3v) is 2.83. The summed E-state index contributed by atoms with van der Waals surface area (Å²) in [5.74, 6) is 0. The Morgan fingerprint density at radius 1 is 1.53 bits per heavy atom. The van der Waals surface area contributed by atoms with Crippen molar-refractivity contribution in [2.75, 3.05) is 19.6 Å². The van der Waals surface area contributed by atoms with Crippen molar-refractivity contribution in [3.8, 4) is 0 Å². The number of thiocarbonyl (C=S) groups is 1. The van der Waals surface area contributed by atoms with Gasteiger partial charge in [-0.3, -0.25) is 4.90 Å². The fourth-order valence-corrected chi connectivity index (χ4v) is 2.26. The van der Waals surface area contributed by atoms with Crippen LogP contribution in [0.1, 0.15) is 33.1 Å². The molecule has 0 radical (unpaired) electrons. The van der Waals surface area contributed by atoms with E-state index in [0.717, 1.165) is 26.1 Å².